The quantitative estimate of drug-likeness (QED) is 0.914. The van der Waals surface area contributed by atoms with Gasteiger partial charge in [0.1, 0.15) is 0 Å². The van der Waals surface area contributed by atoms with Gasteiger partial charge < -0.3 is 14.6 Å². The minimum absolute atomic E-state index is 0.00782. The molecule has 6 heteroatoms. The van der Waals surface area contributed by atoms with E-state index in [1.807, 2.05) is 24.0 Å². The number of para-hydroxylation sites is 1. The van der Waals surface area contributed by atoms with Gasteiger partial charge in [-0.2, -0.15) is 0 Å². The molecule has 2 aromatic rings. The number of morpholine rings is 1. The van der Waals surface area contributed by atoms with Crippen LogP contribution in [0.1, 0.15) is 18.2 Å². The molecule has 1 atom stereocenters. The molecule has 1 saturated heterocycles. The molecule has 0 radical (unpaired) electrons. The molecule has 2 aliphatic rings. The summed E-state index contributed by atoms with van der Waals surface area (Å²) in [6, 6.07) is 5.96. The van der Waals surface area contributed by atoms with Gasteiger partial charge in [0, 0.05) is 61.7 Å². The topological polar surface area (TPSA) is 48.6 Å². The van der Waals surface area contributed by atoms with Crippen molar-refractivity contribution in [2.24, 2.45) is 5.92 Å². The van der Waals surface area contributed by atoms with Gasteiger partial charge in [0.25, 0.3) is 0 Å². The van der Waals surface area contributed by atoms with Crippen LogP contribution in [0.2, 0.25) is 5.02 Å². The third kappa shape index (κ3) is 3.28. The number of nitrogens with zero attached hydrogens (tertiary/aromatic N) is 2. The number of H-pyrrole nitrogens is 1. The van der Waals surface area contributed by atoms with E-state index in [4.69, 9.17) is 16.3 Å². The van der Waals surface area contributed by atoms with Gasteiger partial charge in [-0.05, 0) is 6.07 Å². The van der Waals surface area contributed by atoms with Crippen molar-refractivity contribution < 1.29 is 9.53 Å². The SMILES string of the molecule is CC(CN1CCOCC1)C(=O)N1CCc2[nH]c3c(Cl)cccc3c2C1. The fraction of sp³-hybridized carbons (Fsp3) is 0.526. The van der Waals surface area contributed by atoms with E-state index in [0.717, 1.165) is 61.7 Å². The molecule has 0 bridgehead atoms. The van der Waals surface area contributed by atoms with Crippen molar-refractivity contribution in [3.05, 3.63) is 34.5 Å². The third-order valence-electron chi connectivity index (χ3n) is 5.33. The minimum Gasteiger partial charge on any atom is -0.379 e. The fourth-order valence-electron chi connectivity index (χ4n) is 3.95. The molecule has 0 spiro atoms. The molecule has 134 valence electrons. The maximum Gasteiger partial charge on any atom is 0.227 e. The van der Waals surface area contributed by atoms with Crippen LogP contribution in [0.5, 0.6) is 0 Å². The Kier molecular flexibility index (Phi) is 4.71. The molecule has 1 unspecified atom stereocenters. The molecular weight excluding hydrogens is 338 g/mol. The number of amides is 1. The van der Waals surface area contributed by atoms with Crippen molar-refractivity contribution in [1.82, 2.24) is 14.8 Å². The summed E-state index contributed by atoms with van der Waals surface area (Å²) in [5.74, 6) is 0.252. The lowest BCUT2D eigenvalue weighted by Crippen LogP contribution is -2.45. The summed E-state index contributed by atoms with van der Waals surface area (Å²) >= 11 is 6.31. The summed E-state index contributed by atoms with van der Waals surface area (Å²) in [4.78, 5) is 20.7. The zero-order valence-corrected chi connectivity index (χ0v) is 15.3. The summed E-state index contributed by atoms with van der Waals surface area (Å²) in [5, 5.41) is 1.88. The second-order valence-electron chi connectivity index (χ2n) is 7.07. The van der Waals surface area contributed by atoms with Crippen LogP contribution >= 0.6 is 11.6 Å². The molecular formula is C19H24ClN3O2. The number of benzene rings is 1. The standard InChI is InChI=1S/C19H24ClN3O2/c1-13(11-22-7-9-25-10-8-22)19(24)23-6-5-17-15(12-23)14-3-2-4-16(20)18(14)21-17/h2-4,13,21H,5-12H2,1H3. The highest BCUT2D eigenvalue weighted by atomic mass is 35.5. The molecule has 5 nitrogen and oxygen atoms in total. The van der Waals surface area contributed by atoms with E-state index < -0.39 is 0 Å². The Hall–Kier alpha value is -1.56. The Morgan fingerprint density at radius 3 is 2.92 bits per heavy atom. The smallest absolute Gasteiger partial charge is 0.227 e. The van der Waals surface area contributed by atoms with Crippen LogP contribution in [0.25, 0.3) is 10.9 Å². The highest BCUT2D eigenvalue weighted by Crippen LogP contribution is 2.32. The van der Waals surface area contributed by atoms with Gasteiger partial charge >= 0.3 is 0 Å². The lowest BCUT2D eigenvalue weighted by atomic mass is 10.0. The van der Waals surface area contributed by atoms with Gasteiger partial charge in [-0.3, -0.25) is 9.69 Å². The third-order valence-corrected chi connectivity index (χ3v) is 5.64. The number of aromatic amines is 1. The van der Waals surface area contributed by atoms with Crippen LogP contribution in [-0.4, -0.2) is 60.1 Å². The van der Waals surface area contributed by atoms with Gasteiger partial charge in [0.05, 0.1) is 23.8 Å². The van der Waals surface area contributed by atoms with Gasteiger partial charge in [-0.15, -0.1) is 0 Å². The molecule has 1 N–H and O–H groups in total. The number of ether oxygens (including phenoxy) is 1. The first-order valence-electron chi connectivity index (χ1n) is 9.00. The predicted molar refractivity (Wildman–Crippen MR) is 98.9 cm³/mol. The van der Waals surface area contributed by atoms with E-state index in [1.54, 1.807) is 0 Å². The average molecular weight is 362 g/mol. The van der Waals surface area contributed by atoms with Crippen LogP contribution in [0.3, 0.4) is 0 Å². The van der Waals surface area contributed by atoms with Crippen molar-refractivity contribution in [3.8, 4) is 0 Å². The Bertz CT molecular complexity index is 782. The molecule has 1 fully saturated rings. The molecule has 1 aromatic heterocycles. The normalized spacial score (nSPS) is 19.8. The lowest BCUT2D eigenvalue weighted by molar-refractivity contribution is -0.136. The summed E-state index contributed by atoms with van der Waals surface area (Å²) < 4.78 is 5.39. The Morgan fingerprint density at radius 2 is 2.12 bits per heavy atom. The van der Waals surface area contributed by atoms with Crippen molar-refractivity contribution in [3.63, 3.8) is 0 Å². The summed E-state index contributed by atoms with van der Waals surface area (Å²) in [5.41, 5.74) is 3.42. The number of carbonyl (C=O) groups excluding carboxylic acids is 1. The van der Waals surface area contributed by atoms with Crippen molar-refractivity contribution >= 4 is 28.4 Å². The Morgan fingerprint density at radius 1 is 1.32 bits per heavy atom. The highest BCUT2D eigenvalue weighted by molar-refractivity contribution is 6.35. The van der Waals surface area contributed by atoms with Crippen LogP contribution in [-0.2, 0) is 22.5 Å². The van der Waals surface area contributed by atoms with Gasteiger partial charge in [0.2, 0.25) is 5.91 Å². The Labute approximate surface area is 152 Å². The van der Waals surface area contributed by atoms with Gasteiger partial charge in [0.15, 0.2) is 0 Å². The number of rotatable bonds is 3. The van der Waals surface area contributed by atoms with Crippen LogP contribution in [0, 0.1) is 5.92 Å². The van der Waals surface area contributed by atoms with Gasteiger partial charge in [-0.25, -0.2) is 0 Å². The number of halogens is 1. The Balaban J connectivity index is 1.48. The number of carbonyl (C=O) groups is 1. The van der Waals surface area contributed by atoms with Crippen LogP contribution in [0.4, 0.5) is 0 Å². The largest absolute Gasteiger partial charge is 0.379 e. The zero-order chi connectivity index (χ0) is 17.4. The van der Waals surface area contributed by atoms with E-state index in [-0.39, 0.29) is 11.8 Å². The van der Waals surface area contributed by atoms with E-state index in [2.05, 4.69) is 16.0 Å². The number of hydrogen-bond acceptors (Lipinski definition) is 3. The van der Waals surface area contributed by atoms with Crippen molar-refractivity contribution in [1.29, 1.82) is 0 Å². The molecule has 2 aliphatic heterocycles. The van der Waals surface area contributed by atoms with Gasteiger partial charge in [-0.1, -0.05) is 30.7 Å². The molecule has 4 rings (SSSR count). The lowest BCUT2D eigenvalue weighted by Gasteiger charge is -2.33. The van der Waals surface area contributed by atoms with E-state index >= 15 is 0 Å². The maximum absolute atomic E-state index is 12.9. The summed E-state index contributed by atoms with van der Waals surface area (Å²) in [6.45, 7) is 7.66. The molecule has 1 aromatic carbocycles. The molecule has 0 aliphatic carbocycles. The highest BCUT2D eigenvalue weighted by Gasteiger charge is 2.28. The molecule has 25 heavy (non-hydrogen) atoms. The van der Waals surface area contributed by atoms with Crippen molar-refractivity contribution in [2.75, 3.05) is 39.4 Å². The second kappa shape index (κ2) is 6.98. The van der Waals surface area contributed by atoms with E-state index in [0.29, 0.717) is 6.54 Å². The zero-order valence-electron chi connectivity index (χ0n) is 14.6. The number of nitrogens with one attached hydrogen (secondary N) is 1. The first-order chi connectivity index (χ1) is 12.1. The predicted octanol–water partition coefficient (Wildman–Crippen LogP) is 2.67. The summed E-state index contributed by atoms with van der Waals surface area (Å²) in [7, 11) is 0. The first kappa shape index (κ1) is 16.9. The molecule has 1 amide bonds. The van der Waals surface area contributed by atoms with Crippen LogP contribution in [0.15, 0.2) is 18.2 Å². The van der Waals surface area contributed by atoms with Crippen molar-refractivity contribution in [2.45, 2.75) is 19.9 Å². The molecule has 0 saturated carbocycles. The summed E-state index contributed by atoms with van der Waals surface area (Å²) in [6.07, 6.45) is 0.857. The van der Waals surface area contributed by atoms with E-state index in [9.17, 15) is 4.79 Å². The number of aromatic nitrogens is 1. The monoisotopic (exact) mass is 361 g/mol. The average Bonchev–Trinajstić information content (AvgIpc) is 3.01. The second-order valence-corrected chi connectivity index (χ2v) is 7.48. The fourth-order valence-corrected chi connectivity index (χ4v) is 4.17. The van der Waals surface area contributed by atoms with E-state index in [1.165, 1.54) is 11.3 Å². The first-order valence-corrected chi connectivity index (χ1v) is 9.38. The number of hydrogen-bond donors (Lipinski definition) is 1. The maximum atomic E-state index is 12.9. The van der Waals surface area contributed by atoms with Crippen LogP contribution < -0.4 is 0 Å². The minimum atomic E-state index is 0.00782. The molecule has 3 heterocycles. The number of fused-ring (bicyclic) bond motifs is 3.